The molecule has 0 spiro atoms. The molecule has 1 aliphatic rings. The van der Waals surface area contributed by atoms with Crippen LogP contribution in [0.3, 0.4) is 0 Å². The highest BCUT2D eigenvalue weighted by atomic mass is 32.2. The van der Waals surface area contributed by atoms with Crippen molar-refractivity contribution in [2.24, 2.45) is 11.7 Å². The number of nitrogens with one attached hydrogen (secondary N) is 1. The van der Waals surface area contributed by atoms with Crippen LogP contribution in [-0.2, 0) is 4.79 Å². The second-order valence-corrected chi connectivity index (χ2v) is 5.45. The van der Waals surface area contributed by atoms with E-state index in [9.17, 15) is 4.79 Å². The molecule has 5 heteroatoms. The van der Waals surface area contributed by atoms with Gasteiger partial charge in [-0.1, -0.05) is 12.2 Å². The Kier molecular flexibility index (Phi) is 6.02. The summed E-state index contributed by atoms with van der Waals surface area (Å²) in [7, 11) is 0. The summed E-state index contributed by atoms with van der Waals surface area (Å²) in [5, 5.41) is 2.96. The minimum atomic E-state index is 0.218. The lowest BCUT2D eigenvalue weighted by atomic mass is 10.1. The molecule has 0 bridgehead atoms. The highest BCUT2D eigenvalue weighted by Gasteiger charge is 2.22. The molecule has 0 saturated carbocycles. The largest absolute Gasteiger partial charge is 0.393 e. The molecule has 86 valence electrons. The summed E-state index contributed by atoms with van der Waals surface area (Å²) >= 11 is 6.64. The highest BCUT2D eigenvalue weighted by Crippen LogP contribution is 2.23. The maximum Gasteiger partial charge on any atom is 0.223 e. The van der Waals surface area contributed by atoms with Crippen LogP contribution in [-0.4, -0.2) is 28.9 Å². The van der Waals surface area contributed by atoms with Crippen molar-refractivity contribution in [2.45, 2.75) is 25.7 Å². The molecule has 1 unspecified atom stereocenters. The lowest BCUT2D eigenvalue weighted by molar-refractivity contribution is -0.124. The van der Waals surface area contributed by atoms with E-state index in [2.05, 4.69) is 5.32 Å². The van der Waals surface area contributed by atoms with Gasteiger partial charge in [0, 0.05) is 18.2 Å². The Bertz CT molecular complexity index is 227. The fourth-order valence-corrected chi connectivity index (χ4v) is 2.89. The van der Waals surface area contributed by atoms with E-state index in [0.717, 1.165) is 43.7 Å². The number of hydrogen-bond acceptors (Lipinski definition) is 3. The first-order chi connectivity index (χ1) is 7.20. The molecule has 0 aromatic rings. The number of carbonyl (C=O) groups excluding carboxylic acids is 1. The van der Waals surface area contributed by atoms with Gasteiger partial charge in [0.25, 0.3) is 0 Å². The topological polar surface area (TPSA) is 55.1 Å². The molecule has 0 radical (unpaired) electrons. The summed E-state index contributed by atoms with van der Waals surface area (Å²) in [6.45, 7) is 0.753. The van der Waals surface area contributed by atoms with E-state index in [-0.39, 0.29) is 11.8 Å². The number of rotatable bonds is 6. The van der Waals surface area contributed by atoms with Gasteiger partial charge in [-0.3, -0.25) is 4.79 Å². The Morgan fingerprint density at radius 2 is 2.33 bits per heavy atom. The molecule has 0 aromatic heterocycles. The van der Waals surface area contributed by atoms with Gasteiger partial charge < -0.3 is 11.1 Å². The van der Waals surface area contributed by atoms with Gasteiger partial charge in [-0.15, -0.1) is 0 Å². The lowest BCUT2D eigenvalue weighted by Gasteiger charge is -2.09. The van der Waals surface area contributed by atoms with Crippen molar-refractivity contribution in [3.63, 3.8) is 0 Å². The van der Waals surface area contributed by atoms with Crippen LogP contribution in [0.25, 0.3) is 0 Å². The smallest absolute Gasteiger partial charge is 0.223 e. The molecule has 1 fully saturated rings. The van der Waals surface area contributed by atoms with Crippen LogP contribution in [0.1, 0.15) is 25.7 Å². The lowest BCUT2D eigenvalue weighted by Crippen LogP contribution is -2.31. The second kappa shape index (κ2) is 7.06. The maximum atomic E-state index is 11.6. The summed E-state index contributed by atoms with van der Waals surface area (Å²) in [5.41, 5.74) is 5.38. The number of nitrogens with two attached hydrogens (primary N) is 1. The van der Waals surface area contributed by atoms with E-state index in [1.165, 1.54) is 0 Å². The predicted molar refractivity (Wildman–Crippen MR) is 69.1 cm³/mol. The van der Waals surface area contributed by atoms with E-state index >= 15 is 0 Å². The molecular formula is C10H18N2OS2. The van der Waals surface area contributed by atoms with Crippen LogP contribution in [0.2, 0.25) is 0 Å². The van der Waals surface area contributed by atoms with Crippen LogP contribution in [0, 0.1) is 5.92 Å². The van der Waals surface area contributed by atoms with Crippen molar-refractivity contribution < 1.29 is 4.79 Å². The summed E-state index contributed by atoms with van der Waals surface area (Å²) in [5.74, 6) is 2.57. The number of unbranched alkanes of at least 4 members (excludes halogenated alkanes) is 1. The molecule has 1 atom stereocenters. The van der Waals surface area contributed by atoms with Crippen molar-refractivity contribution in [3.05, 3.63) is 0 Å². The Labute approximate surface area is 101 Å². The Balaban J connectivity index is 1.99. The fourth-order valence-electron chi connectivity index (χ4n) is 1.52. The van der Waals surface area contributed by atoms with Crippen LogP contribution in [0.5, 0.6) is 0 Å². The van der Waals surface area contributed by atoms with Crippen LogP contribution in [0.15, 0.2) is 0 Å². The molecule has 1 rings (SSSR count). The van der Waals surface area contributed by atoms with Gasteiger partial charge in [0.05, 0.1) is 4.99 Å². The van der Waals surface area contributed by atoms with E-state index in [4.69, 9.17) is 18.0 Å². The molecule has 1 aliphatic heterocycles. The number of amides is 1. The zero-order chi connectivity index (χ0) is 11.1. The molecule has 0 aromatic carbocycles. The monoisotopic (exact) mass is 246 g/mol. The summed E-state index contributed by atoms with van der Waals surface area (Å²) < 4.78 is 0. The zero-order valence-corrected chi connectivity index (χ0v) is 10.5. The molecule has 3 nitrogen and oxygen atoms in total. The van der Waals surface area contributed by atoms with Crippen molar-refractivity contribution in [1.29, 1.82) is 0 Å². The normalized spacial score (nSPS) is 20.1. The number of thiocarbonyl (C=S) groups is 1. The van der Waals surface area contributed by atoms with Gasteiger partial charge in [-0.2, -0.15) is 11.8 Å². The van der Waals surface area contributed by atoms with E-state index in [0.29, 0.717) is 4.99 Å². The standard InChI is InChI=1S/C10H18N2OS2/c11-9(14)3-1-2-5-12-10(13)8-4-6-15-7-8/h8H,1-7H2,(H2,11,14)(H,12,13). The van der Waals surface area contributed by atoms with Crippen LogP contribution < -0.4 is 11.1 Å². The first-order valence-corrected chi connectivity index (χ1v) is 6.90. The Morgan fingerprint density at radius 3 is 2.93 bits per heavy atom. The van der Waals surface area contributed by atoms with Crippen molar-refractivity contribution in [1.82, 2.24) is 5.32 Å². The minimum Gasteiger partial charge on any atom is -0.393 e. The fraction of sp³-hybridized carbons (Fsp3) is 0.800. The van der Waals surface area contributed by atoms with Crippen molar-refractivity contribution in [2.75, 3.05) is 18.1 Å². The average molecular weight is 246 g/mol. The van der Waals surface area contributed by atoms with Gasteiger partial charge in [0.2, 0.25) is 5.91 Å². The van der Waals surface area contributed by atoms with Gasteiger partial charge in [0.1, 0.15) is 0 Å². The summed E-state index contributed by atoms with van der Waals surface area (Å²) in [6, 6.07) is 0. The molecule has 1 heterocycles. The molecular weight excluding hydrogens is 228 g/mol. The van der Waals surface area contributed by atoms with Crippen LogP contribution in [0.4, 0.5) is 0 Å². The van der Waals surface area contributed by atoms with Gasteiger partial charge >= 0.3 is 0 Å². The van der Waals surface area contributed by atoms with Crippen LogP contribution >= 0.6 is 24.0 Å². The molecule has 1 saturated heterocycles. The highest BCUT2D eigenvalue weighted by molar-refractivity contribution is 7.99. The number of thioether (sulfide) groups is 1. The summed E-state index contributed by atoms with van der Waals surface area (Å²) in [6.07, 6.45) is 3.74. The average Bonchev–Trinajstić information content (AvgIpc) is 2.69. The molecule has 0 aliphatic carbocycles. The third-order valence-electron chi connectivity index (χ3n) is 2.45. The van der Waals surface area contributed by atoms with Gasteiger partial charge in [0.15, 0.2) is 0 Å². The first kappa shape index (κ1) is 12.8. The third-order valence-corrected chi connectivity index (χ3v) is 3.82. The predicted octanol–water partition coefficient (Wildman–Crippen LogP) is 1.31. The van der Waals surface area contributed by atoms with E-state index in [1.807, 2.05) is 11.8 Å². The Hall–Kier alpha value is -0.290. The van der Waals surface area contributed by atoms with E-state index < -0.39 is 0 Å². The SMILES string of the molecule is NC(=S)CCCCNC(=O)C1CCSC1. The quantitative estimate of drug-likeness (QED) is 0.548. The number of carbonyl (C=O) groups is 1. The van der Waals surface area contributed by atoms with Crippen molar-refractivity contribution in [3.8, 4) is 0 Å². The summed E-state index contributed by atoms with van der Waals surface area (Å²) in [4.78, 5) is 12.1. The molecule has 3 N–H and O–H groups in total. The second-order valence-electron chi connectivity index (χ2n) is 3.77. The maximum absolute atomic E-state index is 11.6. The van der Waals surface area contributed by atoms with Crippen molar-refractivity contribution >= 4 is 34.9 Å². The Morgan fingerprint density at radius 1 is 1.53 bits per heavy atom. The minimum absolute atomic E-state index is 0.218. The van der Waals surface area contributed by atoms with Gasteiger partial charge in [-0.05, 0) is 31.4 Å². The first-order valence-electron chi connectivity index (χ1n) is 5.34. The van der Waals surface area contributed by atoms with Gasteiger partial charge in [-0.25, -0.2) is 0 Å². The number of hydrogen-bond donors (Lipinski definition) is 2. The zero-order valence-electron chi connectivity index (χ0n) is 8.83. The molecule has 15 heavy (non-hydrogen) atoms. The third kappa shape index (κ3) is 5.37. The van der Waals surface area contributed by atoms with E-state index in [1.54, 1.807) is 0 Å². The molecule has 1 amide bonds.